The molecule has 0 aromatic heterocycles. The number of ether oxygens (including phenoxy) is 1. The minimum atomic E-state index is 0.275. The first-order valence-electron chi connectivity index (χ1n) is 4.93. The van der Waals surface area contributed by atoms with E-state index in [9.17, 15) is 4.79 Å². The van der Waals surface area contributed by atoms with Gasteiger partial charge in [-0.1, -0.05) is 13.3 Å². The van der Waals surface area contributed by atoms with E-state index in [-0.39, 0.29) is 5.92 Å². The monoisotopic (exact) mass is 170 g/mol. The Morgan fingerprint density at radius 1 is 1.50 bits per heavy atom. The molecule has 1 saturated carbocycles. The lowest BCUT2D eigenvalue weighted by atomic mass is 10.1. The summed E-state index contributed by atoms with van der Waals surface area (Å²) in [6, 6.07) is 0. The van der Waals surface area contributed by atoms with Crippen molar-refractivity contribution >= 4 is 6.29 Å². The van der Waals surface area contributed by atoms with Gasteiger partial charge in [0, 0.05) is 12.5 Å². The lowest BCUT2D eigenvalue weighted by Crippen LogP contribution is -2.09. The molecule has 2 atom stereocenters. The van der Waals surface area contributed by atoms with Crippen molar-refractivity contribution in [2.24, 2.45) is 5.92 Å². The van der Waals surface area contributed by atoms with Crippen LogP contribution in [0.3, 0.4) is 0 Å². The van der Waals surface area contributed by atoms with E-state index in [1.165, 1.54) is 6.42 Å². The second-order valence-electron chi connectivity index (χ2n) is 3.56. The molecule has 1 rings (SSSR count). The van der Waals surface area contributed by atoms with Gasteiger partial charge in [0.15, 0.2) is 0 Å². The Morgan fingerprint density at radius 3 is 2.92 bits per heavy atom. The highest BCUT2D eigenvalue weighted by molar-refractivity contribution is 5.54. The summed E-state index contributed by atoms with van der Waals surface area (Å²) in [5.74, 6) is 0.275. The molecule has 12 heavy (non-hydrogen) atoms. The minimum Gasteiger partial charge on any atom is -0.378 e. The summed E-state index contributed by atoms with van der Waals surface area (Å²) in [6.07, 6.45) is 6.82. The zero-order valence-corrected chi connectivity index (χ0v) is 7.79. The van der Waals surface area contributed by atoms with Crippen molar-refractivity contribution in [3.63, 3.8) is 0 Å². The molecule has 0 aromatic carbocycles. The van der Waals surface area contributed by atoms with Crippen LogP contribution in [0.4, 0.5) is 0 Å². The maximum Gasteiger partial charge on any atom is 0.123 e. The van der Waals surface area contributed by atoms with Gasteiger partial charge >= 0.3 is 0 Å². The van der Waals surface area contributed by atoms with Crippen LogP contribution < -0.4 is 0 Å². The van der Waals surface area contributed by atoms with E-state index >= 15 is 0 Å². The number of aldehydes is 1. The van der Waals surface area contributed by atoms with Crippen molar-refractivity contribution in [1.29, 1.82) is 0 Å². The van der Waals surface area contributed by atoms with Crippen molar-refractivity contribution in [1.82, 2.24) is 0 Å². The number of hydrogen-bond donors (Lipinski definition) is 0. The highest BCUT2D eigenvalue weighted by Gasteiger charge is 2.24. The molecule has 0 aromatic rings. The van der Waals surface area contributed by atoms with Crippen LogP contribution >= 0.6 is 0 Å². The Morgan fingerprint density at radius 2 is 2.33 bits per heavy atom. The average Bonchev–Trinajstić information content (AvgIpc) is 2.53. The van der Waals surface area contributed by atoms with Crippen molar-refractivity contribution < 1.29 is 9.53 Å². The second kappa shape index (κ2) is 5.31. The van der Waals surface area contributed by atoms with Gasteiger partial charge in [-0.15, -0.1) is 0 Å². The van der Waals surface area contributed by atoms with Crippen LogP contribution in [-0.2, 0) is 9.53 Å². The SMILES string of the molecule is CCCCO[C@H]1CC[C@@H](C=O)C1. The molecule has 2 nitrogen and oxygen atoms in total. The molecule has 1 aliphatic carbocycles. The van der Waals surface area contributed by atoms with E-state index in [1.807, 2.05) is 0 Å². The molecule has 0 bridgehead atoms. The highest BCUT2D eigenvalue weighted by atomic mass is 16.5. The molecule has 2 heteroatoms. The van der Waals surface area contributed by atoms with Crippen molar-refractivity contribution in [3.05, 3.63) is 0 Å². The average molecular weight is 170 g/mol. The molecule has 0 heterocycles. The predicted octanol–water partition coefficient (Wildman–Crippen LogP) is 2.17. The summed E-state index contributed by atoms with van der Waals surface area (Å²) >= 11 is 0. The molecule has 70 valence electrons. The normalized spacial score (nSPS) is 29.1. The van der Waals surface area contributed by atoms with E-state index in [2.05, 4.69) is 6.92 Å². The lowest BCUT2D eigenvalue weighted by molar-refractivity contribution is -0.111. The Balaban J connectivity index is 2.06. The number of rotatable bonds is 5. The third-order valence-electron chi connectivity index (χ3n) is 2.47. The van der Waals surface area contributed by atoms with Gasteiger partial charge in [-0.3, -0.25) is 0 Å². The Hall–Kier alpha value is -0.370. The fourth-order valence-electron chi connectivity index (χ4n) is 1.64. The van der Waals surface area contributed by atoms with Crippen LogP contribution in [0.25, 0.3) is 0 Å². The van der Waals surface area contributed by atoms with E-state index in [1.54, 1.807) is 0 Å². The van der Waals surface area contributed by atoms with Gasteiger partial charge in [0.05, 0.1) is 6.10 Å². The standard InChI is InChI=1S/C10H18O2/c1-2-3-6-12-10-5-4-9(7-10)8-11/h8-10H,2-7H2,1H3/t9-,10+/m1/s1. The molecular weight excluding hydrogens is 152 g/mol. The van der Waals surface area contributed by atoms with Crippen LogP contribution in [0, 0.1) is 5.92 Å². The summed E-state index contributed by atoms with van der Waals surface area (Å²) in [5, 5.41) is 0. The Bertz CT molecular complexity index is 134. The highest BCUT2D eigenvalue weighted by Crippen LogP contribution is 2.26. The summed E-state index contributed by atoms with van der Waals surface area (Å²) in [6.45, 7) is 3.03. The zero-order valence-electron chi connectivity index (χ0n) is 7.79. The van der Waals surface area contributed by atoms with Gasteiger partial charge in [-0.2, -0.15) is 0 Å². The molecule has 0 saturated heterocycles. The molecule has 0 N–H and O–H groups in total. The van der Waals surface area contributed by atoms with E-state index in [0.29, 0.717) is 6.10 Å². The number of hydrogen-bond acceptors (Lipinski definition) is 2. The van der Waals surface area contributed by atoms with Crippen LogP contribution in [0.5, 0.6) is 0 Å². The lowest BCUT2D eigenvalue weighted by Gasteiger charge is -2.09. The van der Waals surface area contributed by atoms with Gasteiger partial charge in [0.2, 0.25) is 0 Å². The third kappa shape index (κ3) is 2.94. The maximum atomic E-state index is 10.4. The molecule has 1 fully saturated rings. The summed E-state index contributed by atoms with van der Waals surface area (Å²) in [4.78, 5) is 10.4. The maximum absolute atomic E-state index is 10.4. The molecular formula is C10H18O2. The second-order valence-corrected chi connectivity index (χ2v) is 3.56. The Kier molecular flexibility index (Phi) is 4.30. The Labute approximate surface area is 74.3 Å². The summed E-state index contributed by atoms with van der Waals surface area (Å²) < 4.78 is 5.62. The van der Waals surface area contributed by atoms with Crippen molar-refractivity contribution in [3.8, 4) is 0 Å². The molecule has 0 amide bonds. The smallest absolute Gasteiger partial charge is 0.123 e. The van der Waals surface area contributed by atoms with E-state index in [4.69, 9.17) is 4.74 Å². The first-order valence-corrected chi connectivity index (χ1v) is 4.93. The van der Waals surface area contributed by atoms with Crippen LogP contribution in [0.2, 0.25) is 0 Å². The number of unbranched alkanes of at least 4 members (excludes halogenated alkanes) is 1. The minimum absolute atomic E-state index is 0.275. The summed E-state index contributed by atoms with van der Waals surface area (Å²) in [7, 11) is 0. The number of carbonyl (C=O) groups excluding carboxylic acids is 1. The van der Waals surface area contributed by atoms with Gasteiger partial charge < -0.3 is 9.53 Å². The molecule has 1 aliphatic rings. The van der Waals surface area contributed by atoms with Crippen LogP contribution in [0.1, 0.15) is 39.0 Å². The van der Waals surface area contributed by atoms with Crippen molar-refractivity contribution in [2.45, 2.75) is 45.1 Å². The first kappa shape index (κ1) is 9.72. The van der Waals surface area contributed by atoms with Gasteiger partial charge in [-0.25, -0.2) is 0 Å². The fourth-order valence-corrected chi connectivity index (χ4v) is 1.64. The first-order chi connectivity index (χ1) is 5.86. The quantitative estimate of drug-likeness (QED) is 0.467. The van der Waals surface area contributed by atoms with Gasteiger partial charge in [-0.05, 0) is 25.7 Å². The van der Waals surface area contributed by atoms with Gasteiger partial charge in [0.25, 0.3) is 0 Å². The van der Waals surface area contributed by atoms with E-state index < -0.39 is 0 Å². The topological polar surface area (TPSA) is 26.3 Å². The molecule has 0 aliphatic heterocycles. The molecule has 0 spiro atoms. The zero-order chi connectivity index (χ0) is 8.81. The molecule has 0 unspecified atom stereocenters. The van der Waals surface area contributed by atoms with Crippen LogP contribution in [0.15, 0.2) is 0 Å². The van der Waals surface area contributed by atoms with E-state index in [0.717, 1.165) is 38.6 Å². The fraction of sp³-hybridized carbons (Fsp3) is 0.900. The third-order valence-corrected chi connectivity index (χ3v) is 2.47. The van der Waals surface area contributed by atoms with Crippen molar-refractivity contribution in [2.75, 3.05) is 6.61 Å². The molecule has 0 radical (unpaired) electrons. The summed E-state index contributed by atoms with van der Waals surface area (Å²) in [5.41, 5.74) is 0. The predicted molar refractivity (Wildman–Crippen MR) is 48.1 cm³/mol. The number of carbonyl (C=O) groups is 1. The largest absolute Gasteiger partial charge is 0.378 e. The van der Waals surface area contributed by atoms with Crippen LogP contribution in [-0.4, -0.2) is 19.0 Å². The van der Waals surface area contributed by atoms with Gasteiger partial charge in [0.1, 0.15) is 6.29 Å².